The number of methoxy groups -OCH3 is 1. The molecule has 0 bridgehead atoms. The van der Waals surface area contributed by atoms with Crippen LogP contribution in [0.4, 0.5) is 5.69 Å². The lowest BCUT2D eigenvalue weighted by Gasteiger charge is -2.39. The first-order valence-electron chi connectivity index (χ1n) is 6.34. The Morgan fingerprint density at radius 2 is 2.15 bits per heavy atom. The highest BCUT2D eigenvalue weighted by Crippen LogP contribution is 2.38. The fourth-order valence-corrected chi connectivity index (χ4v) is 2.49. The smallest absolute Gasteiger partial charge is 0.337 e. The number of aromatic carboxylic acids is 1. The van der Waals surface area contributed by atoms with Crippen LogP contribution in [-0.4, -0.2) is 29.7 Å². The van der Waals surface area contributed by atoms with Crippen molar-refractivity contribution in [1.82, 2.24) is 0 Å². The highest BCUT2D eigenvalue weighted by atomic mass is 35.5. The quantitative estimate of drug-likeness (QED) is 0.876. The standard InChI is InChI=1S/C14H16ClNO4/c1-20-14(5-2-6-14)8-12(17)16-11-7-9(15)3-4-10(11)13(18)19/h3-4,7H,2,5-6,8H2,1H3,(H,16,17)(H,18,19). The highest BCUT2D eigenvalue weighted by Gasteiger charge is 2.39. The van der Waals surface area contributed by atoms with Crippen LogP contribution in [-0.2, 0) is 9.53 Å². The molecule has 1 aliphatic rings. The summed E-state index contributed by atoms with van der Waals surface area (Å²) in [6.45, 7) is 0. The molecule has 0 unspecified atom stereocenters. The largest absolute Gasteiger partial charge is 0.478 e. The maximum atomic E-state index is 12.0. The van der Waals surface area contributed by atoms with Crippen molar-refractivity contribution in [1.29, 1.82) is 0 Å². The van der Waals surface area contributed by atoms with E-state index in [9.17, 15) is 9.59 Å². The normalized spacial score (nSPS) is 16.3. The fraction of sp³-hybridized carbons (Fsp3) is 0.429. The first-order valence-corrected chi connectivity index (χ1v) is 6.71. The number of rotatable bonds is 5. The first-order chi connectivity index (χ1) is 9.46. The summed E-state index contributed by atoms with van der Waals surface area (Å²) in [5.41, 5.74) is -0.171. The van der Waals surface area contributed by atoms with Gasteiger partial charge in [0, 0.05) is 12.1 Å². The molecular formula is C14H16ClNO4. The number of benzene rings is 1. The van der Waals surface area contributed by atoms with Gasteiger partial charge in [0.2, 0.25) is 5.91 Å². The zero-order chi connectivity index (χ0) is 14.8. The third-order valence-corrected chi connectivity index (χ3v) is 3.90. The molecule has 0 aliphatic heterocycles. The molecule has 0 saturated heterocycles. The highest BCUT2D eigenvalue weighted by molar-refractivity contribution is 6.31. The Morgan fingerprint density at radius 3 is 2.65 bits per heavy atom. The molecule has 2 N–H and O–H groups in total. The van der Waals surface area contributed by atoms with Gasteiger partial charge in [0.15, 0.2) is 0 Å². The molecule has 1 fully saturated rings. The van der Waals surface area contributed by atoms with Crippen LogP contribution < -0.4 is 5.32 Å². The number of carbonyl (C=O) groups is 2. The van der Waals surface area contributed by atoms with E-state index in [4.69, 9.17) is 21.4 Å². The molecule has 0 spiro atoms. The lowest BCUT2D eigenvalue weighted by atomic mass is 9.77. The average Bonchev–Trinajstić information content (AvgIpc) is 2.33. The molecule has 20 heavy (non-hydrogen) atoms. The summed E-state index contributed by atoms with van der Waals surface area (Å²) in [4.78, 5) is 23.1. The Balaban J connectivity index is 2.11. The van der Waals surface area contributed by atoms with Crippen LogP contribution in [0, 0.1) is 0 Å². The first kappa shape index (κ1) is 14.8. The molecule has 1 amide bonds. The van der Waals surface area contributed by atoms with Crippen molar-refractivity contribution >= 4 is 29.2 Å². The lowest BCUT2D eigenvalue weighted by molar-refractivity contribution is -0.129. The van der Waals surface area contributed by atoms with Gasteiger partial charge in [-0.1, -0.05) is 11.6 Å². The molecule has 108 valence electrons. The molecule has 0 atom stereocenters. The van der Waals surface area contributed by atoms with E-state index >= 15 is 0 Å². The van der Waals surface area contributed by atoms with Gasteiger partial charge < -0.3 is 15.2 Å². The molecule has 0 heterocycles. The van der Waals surface area contributed by atoms with Gasteiger partial charge in [-0.3, -0.25) is 4.79 Å². The van der Waals surface area contributed by atoms with Crippen LogP contribution in [0.1, 0.15) is 36.0 Å². The number of carbonyl (C=O) groups excluding carboxylic acids is 1. The molecule has 1 saturated carbocycles. The van der Waals surface area contributed by atoms with E-state index in [1.807, 2.05) is 0 Å². The number of halogens is 1. The molecule has 0 aromatic heterocycles. The van der Waals surface area contributed by atoms with Crippen LogP contribution in [0.5, 0.6) is 0 Å². The van der Waals surface area contributed by atoms with E-state index < -0.39 is 11.6 Å². The van der Waals surface area contributed by atoms with E-state index in [-0.39, 0.29) is 23.6 Å². The number of carboxylic acids is 1. The van der Waals surface area contributed by atoms with Gasteiger partial charge in [0.05, 0.1) is 23.3 Å². The molecule has 1 aliphatic carbocycles. The van der Waals surface area contributed by atoms with Crippen molar-refractivity contribution in [3.63, 3.8) is 0 Å². The number of hydrogen-bond donors (Lipinski definition) is 2. The van der Waals surface area contributed by atoms with E-state index in [1.54, 1.807) is 7.11 Å². The van der Waals surface area contributed by atoms with Crippen LogP contribution in [0.15, 0.2) is 18.2 Å². The zero-order valence-electron chi connectivity index (χ0n) is 11.1. The molecule has 0 radical (unpaired) electrons. The van der Waals surface area contributed by atoms with Gasteiger partial charge in [-0.25, -0.2) is 4.79 Å². The van der Waals surface area contributed by atoms with Crippen LogP contribution >= 0.6 is 11.6 Å². The third kappa shape index (κ3) is 3.11. The molecule has 1 aromatic carbocycles. The summed E-state index contributed by atoms with van der Waals surface area (Å²) in [6, 6.07) is 4.28. The fourth-order valence-electron chi connectivity index (χ4n) is 2.32. The summed E-state index contributed by atoms with van der Waals surface area (Å²) in [5.74, 6) is -1.38. The molecular weight excluding hydrogens is 282 g/mol. The van der Waals surface area contributed by atoms with E-state index in [0.29, 0.717) is 5.02 Å². The van der Waals surface area contributed by atoms with Gasteiger partial charge in [0.25, 0.3) is 0 Å². The second kappa shape index (κ2) is 5.81. The Hall–Kier alpha value is -1.59. The second-order valence-corrected chi connectivity index (χ2v) is 5.40. The lowest BCUT2D eigenvalue weighted by Crippen LogP contribution is -2.42. The van der Waals surface area contributed by atoms with Gasteiger partial charge in [0.1, 0.15) is 0 Å². The number of carboxylic acid groups (broad SMARTS) is 1. The number of hydrogen-bond acceptors (Lipinski definition) is 3. The minimum atomic E-state index is -1.11. The minimum absolute atomic E-state index is 0.0165. The summed E-state index contributed by atoms with van der Waals surface area (Å²) < 4.78 is 5.38. The Labute approximate surface area is 121 Å². The van der Waals surface area contributed by atoms with Crippen LogP contribution in [0.2, 0.25) is 5.02 Å². The van der Waals surface area contributed by atoms with Gasteiger partial charge in [-0.15, -0.1) is 0 Å². The summed E-state index contributed by atoms with van der Waals surface area (Å²) >= 11 is 5.83. The van der Waals surface area contributed by atoms with Crippen molar-refractivity contribution in [3.8, 4) is 0 Å². The average molecular weight is 298 g/mol. The van der Waals surface area contributed by atoms with E-state index in [0.717, 1.165) is 19.3 Å². The van der Waals surface area contributed by atoms with E-state index in [2.05, 4.69) is 5.32 Å². The SMILES string of the molecule is COC1(CC(=O)Nc2cc(Cl)ccc2C(=O)O)CCC1. The Morgan fingerprint density at radius 1 is 1.45 bits per heavy atom. The van der Waals surface area contributed by atoms with Gasteiger partial charge in [-0.05, 0) is 37.5 Å². The predicted molar refractivity (Wildman–Crippen MR) is 75.2 cm³/mol. The summed E-state index contributed by atoms with van der Waals surface area (Å²) in [7, 11) is 1.59. The van der Waals surface area contributed by atoms with Gasteiger partial charge >= 0.3 is 5.97 Å². The topological polar surface area (TPSA) is 75.6 Å². The number of anilines is 1. The van der Waals surface area contributed by atoms with Gasteiger partial charge in [-0.2, -0.15) is 0 Å². The summed E-state index contributed by atoms with van der Waals surface area (Å²) in [5, 5.41) is 12.1. The molecule has 2 rings (SSSR count). The number of nitrogens with one attached hydrogen (secondary N) is 1. The zero-order valence-corrected chi connectivity index (χ0v) is 11.9. The Kier molecular flexibility index (Phi) is 4.30. The van der Waals surface area contributed by atoms with Crippen molar-refractivity contribution in [3.05, 3.63) is 28.8 Å². The predicted octanol–water partition coefficient (Wildman–Crippen LogP) is 2.94. The molecule has 6 heteroatoms. The number of amides is 1. The van der Waals surface area contributed by atoms with E-state index in [1.165, 1.54) is 18.2 Å². The maximum absolute atomic E-state index is 12.0. The van der Waals surface area contributed by atoms with Crippen molar-refractivity contribution in [2.75, 3.05) is 12.4 Å². The maximum Gasteiger partial charge on any atom is 0.337 e. The summed E-state index contributed by atoms with van der Waals surface area (Å²) in [6.07, 6.45) is 2.95. The third-order valence-electron chi connectivity index (χ3n) is 3.67. The van der Waals surface area contributed by atoms with Crippen LogP contribution in [0.25, 0.3) is 0 Å². The number of ether oxygens (including phenoxy) is 1. The van der Waals surface area contributed by atoms with Crippen molar-refractivity contribution in [2.45, 2.75) is 31.3 Å². The van der Waals surface area contributed by atoms with Crippen molar-refractivity contribution in [2.24, 2.45) is 0 Å². The minimum Gasteiger partial charge on any atom is -0.478 e. The van der Waals surface area contributed by atoms with Crippen molar-refractivity contribution < 1.29 is 19.4 Å². The molecule has 1 aromatic rings. The van der Waals surface area contributed by atoms with Crippen LogP contribution in [0.3, 0.4) is 0 Å². The Bertz CT molecular complexity index is 534. The monoisotopic (exact) mass is 297 g/mol. The second-order valence-electron chi connectivity index (χ2n) is 4.96. The molecule has 5 nitrogen and oxygen atoms in total.